The van der Waals surface area contributed by atoms with Crippen molar-refractivity contribution in [3.05, 3.63) is 51.9 Å². The molecule has 0 aliphatic carbocycles. The molecule has 4 nitrogen and oxygen atoms in total. The first-order valence-corrected chi connectivity index (χ1v) is 4.94. The van der Waals surface area contributed by atoms with Gasteiger partial charge in [0.1, 0.15) is 5.75 Å². The van der Waals surface area contributed by atoms with Gasteiger partial charge in [-0.05, 0) is 37.1 Å². The van der Waals surface area contributed by atoms with Crippen LogP contribution in [0.2, 0.25) is 0 Å². The third-order valence-electron chi connectivity index (χ3n) is 2.52. The smallest absolute Gasteiger partial charge is 0.275 e. The minimum atomic E-state index is -0.344. The highest BCUT2D eigenvalue weighted by Crippen LogP contribution is 2.12. The van der Waals surface area contributed by atoms with Gasteiger partial charge in [0.25, 0.3) is 5.56 Å². The lowest BCUT2D eigenvalue weighted by molar-refractivity contribution is 0.467. The van der Waals surface area contributed by atoms with Gasteiger partial charge in [-0.2, -0.15) is 9.78 Å². The van der Waals surface area contributed by atoms with Crippen LogP contribution in [0.5, 0.6) is 5.75 Å². The molecule has 0 radical (unpaired) electrons. The van der Waals surface area contributed by atoms with Crippen LogP contribution in [0.4, 0.5) is 0 Å². The van der Waals surface area contributed by atoms with Crippen molar-refractivity contribution in [1.29, 1.82) is 0 Å². The van der Waals surface area contributed by atoms with Crippen LogP contribution < -0.4 is 5.56 Å². The van der Waals surface area contributed by atoms with Crippen LogP contribution in [0.25, 0.3) is 5.69 Å². The first-order chi connectivity index (χ1) is 7.58. The summed E-state index contributed by atoms with van der Waals surface area (Å²) in [5.41, 5.74) is 2.62. The summed E-state index contributed by atoms with van der Waals surface area (Å²) in [4.78, 5) is 11.6. The zero-order chi connectivity index (χ0) is 11.7. The molecule has 0 aliphatic rings. The van der Waals surface area contributed by atoms with Crippen LogP contribution in [0.1, 0.15) is 11.1 Å². The van der Waals surface area contributed by atoms with Crippen molar-refractivity contribution in [3.8, 4) is 11.4 Å². The zero-order valence-corrected chi connectivity index (χ0v) is 9.14. The van der Waals surface area contributed by atoms with Crippen LogP contribution >= 0.6 is 0 Å². The Kier molecular flexibility index (Phi) is 2.48. The Morgan fingerprint density at radius 1 is 1.19 bits per heavy atom. The van der Waals surface area contributed by atoms with Crippen molar-refractivity contribution in [2.24, 2.45) is 0 Å². The quantitative estimate of drug-likeness (QED) is 0.787. The van der Waals surface area contributed by atoms with E-state index in [-0.39, 0.29) is 11.3 Å². The van der Waals surface area contributed by atoms with Gasteiger partial charge in [0.05, 0.1) is 11.9 Å². The van der Waals surface area contributed by atoms with E-state index >= 15 is 0 Å². The molecular formula is C12H12N2O2. The number of nitrogens with zero attached hydrogens (tertiary/aromatic N) is 2. The lowest BCUT2D eigenvalue weighted by atomic mass is 10.1. The summed E-state index contributed by atoms with van der Waals surface area (Å²) in [6.07, 6.45) is 1.25. The predicted octanol–water partition coefficient (Wildman–Crippen LogP) is 1.55. The average Bonchev–Trinajstić information content (AvgIpc) is 2.22. The molecule has 4 heteroatoms. The highest BCUT2D eigenvalue weighted by molar-refractivity contribution is 5.39. The fourth-order valence-corrected chi connectivity index (χ4v) is 1.45. The summed E-state index contributed by atoms with van der Waals surface area (Å²) in [6.45, 7) is 3.98. The molecule has 16 heavy (non-hydrogen) atoms. The van der Waals surface area contributed by atoms with Crippen molar-refractivity contribution in [3.63, 3.8) is 0 Å². The zero-order valence-electron chi connectivity index (χ0n) is 9.14. The van der Waals surface area contributed by atoms with Gasteiger partial charge in [-0.1, -0.05) is 6.07 Å². The molecule has 1 heterocycles. The molecule has 0 fully saturated rings. The number of hydrogen-bond donors (Lipinski definition) is 1. The molecule has 0 saturated heterocycles. The average molecular weight is 216 g/mol. The molecule has 82 valence electrons. The summed E-state index contributed by atoms with van der Waals surface area (Å²) < 4.78 is 1.26. The third-order valence-corrected chi connectivity index (χ3v) is 2.52. The van der Waals surface area contributed by atoms with Crippen LogP contribution in [-0.2, 0) is 0 Å². The van der Waals surface area contributed by atoms with Gasteiger partial charge in [-0.3, -0.25) is 4.79 Å². The highest BCUT2D eigenvalue weighted by atomic mass is 16.3. The number of benzene rings is 1. The van der Waals surface area contributed by atoms with Gasteiger partial charge in [-0.25, -0.2) is 0 Å². The van der Waals surface area contributed by atoms with Crippen LogP contribution in [0, 0.1) is 13.8 Å². The van der Waals surface area contributed by atoms with Gasteiger partial charge in [0, 0.05) is 6.07 Å². The Morgan fingerprint density at radius 3 is 2.56 bits per heavy atom. The van der Waals surface area contributed by atoms with E-state index in [0.717, 1.165) is 17.2 Å². The topological polar surface area (TPSA) is 55.1 Å². The molecule has 1 aromatic heterocycles. The number of aryl methyl sites for hydroxylation is 2. The van der Waals surface area contributed by atoms with E-state index in [4.69, 9.17) is 5.11 Å². The maximum Gasteiger partial charge on any atom is 0.275 e. The summed E-state index contributed by atoms with van der Waals surface area (Å²) in [6, 6.07) is 6.79. The molecule has 0 saturated carbocycles. The first-order valence-electron chi connectivity index (χ1n) is 4.94. The molecule has 2 rings (SSSR count). The second-order valence-electron chi connectivity index (χ2n) is 3.73. The fraction of sp³-hybridized carbons (Fsp3) is 0.167. The Balaban J connectivity index is 2.59. The fourth-order valence-electron chi connectivity index (χ4n) is 1.45. The highest BCUT2D eigenvalue weighted by Gasteiger charge is 2.03. The van der Waals surface area contributed by atoms with E-state index < -0.39 is 0 Å². The normalized spacial score (nSPS) is 10.4. The summed E-state index contributed by atoms with van der Waals surface area (Å²) >= 11 is 0. The third kappa shape index (κ3) is 1.82. The van der Waals surface area contributed by atoms with E-state index in [9.17, 15) is 4.79 Å². The molecule has 0 atom stereocenters. The van der Waals surface area contributed by atoms with E-state index in [0.29, 0.717) is 5.69 Å². The molecular weight excluding hydrogens is 204 g/mol. The monoisotopic (exact) mass is 216 g/mol. The van der Waals surface area contributed by atoms with E-state index in [1.54, 1.807) is 0 Å². The van der Waals surface area contributed by atoms with Gasteiger partial charge < -0.3 is 5.11 Å². The SMILES string of the molecule is Cc1ccc(-n2ncc(O)cc2=O)cc1C. The molecule has 0 spiro atoms. The second-order valence-corrected chi connectivity index (χ2v) is 3.73. The van der Waals surface area contributed by atoms with Crippen molar-refractivity contribution < 1.29 is 5.11 Å². The molecule has 0 aliphatic heterocycles. The maximum absolute atomic E-state index is 11.6. The summed E-state index contributed by atoms with van der Waals surface area (Å²) in [5, 5.41) is 13.0. The van der Waals surface area contributed by atoms with Crippen molar-refractivity contribution >= 4 is 0 Å². The van der Waals surface area contributed by atoms with Gasteiger partial charge >= 0.3 is 0 Å². The lowest BCUT2D eigenvalue weighted by Gasteiger charge is -2.06. The molecule has 0 unspecified atom stereocenters. The second kappa shape index (κ2) is 3.81. The van der Waals surface area contributed by atoms with Gasteiger partial charge in [0.2, 0.25) is 0 Å². The Hall–Kier alpha value is -2.10. The van der Waals surface area contributed by atoms with E-state index in [1.807, 2.05) is 32.0 Å². The minimum absolute atomic E-state index is 0.120. The van der Waals surface area contributed by atoms with Crippen molar-refractivity contribution in [1.82, 2.24) is 9.78 Å². The number of hydrogen-bond acceptors (Lipinski definition) is 3. The van der Waals surface area contributed by atoms with Crippen LogP contribution in [0.3, 0.4) is 0 Å². The Morgan fingerprint density at radius 2 is 1.94 bits per heavy atom. The molecule has 1 aromatic carbocycles. The van der Waals surface area contributed by atoms with Crippen molar-refractivity contribution in [2.75, 3.05) is 0 Å². The predicted molar refractivity (Wildman–Crippen MR) is 61.0 cm³/mol. The Bertz CT molecular complexity index is 588. The summed E-state index contributed by atoms with van der Waals surface area (Å²) in [7, 11) is 0. The maximum atomic E-state index is 11.6. The minimum Gasteiger partial charge on any atom is -0.506 e. The Labute approximate surface area is 92.8 Å². The number of aromatic hydroxyl groups is 1. The van der Waals surface area contributed by atoms with Gasteiger partial charge in [-0.15, -0.1) is 0 Å². The molecule has 0 amide bonds. The van der Waals surface area contributed by atoms with Crippen LogP contribution in [0.15, 0.2) is 35.3 Å². The lowest BCUT2D eigenvalue weighted by Crippen LogP contribution is -2.19. The van der Waals surface area contributed by atoms with Crippen LogP contribution in [-0.4, -0.2) is 14.9 Å². The standard InChI is InChI=1S/C12H12N2O2/c1-8-3-4-10(5-9(8)2)14-12(16)6-11(15)7-13-14/h3-7,15H,1-2H3. The molecule has 1 N–H and O–H groups in total. The number of aromatic nitrogens is 2. The first kappa shape index (κ1) is 10.4. The van der Waals surface area contributed by atoms with E-state index in [2.05, 4.69) is 5.10 Å². The van der Waals surface area contributed by atoms with Gasteiger partial charge in [0.15, 0.2) is 0 Å². The van der Waals surface area contributed by atoms with Crippen molar-refractivity contribution in [2.45, 2.75) is 13.8 Å². The molecule has 2 aromatic rings. The number of rotatable bonds is 1. The summed E-state index contributed by atoms with van der Waals surface area (Å²) in [5.74, 6) is -0.120. The molecule has 0 bridgehead atoms. The largest absolute Gasteiger partial charge is 0.506 e. The van der Waals surface area contributed by atoms with E-state index in [1.165, 1.54) is 10.9 Å².